The highest BCUT2D eigenvalue weighted by atomic mass is 16.4. The number of nitrogens with zero attached hydrogens (tertiary/aromatic N) is 2. The van der Waals surface area contributed by atoms with Gasteiger partial charge in [-0.15, -0.1) is 0 Å². The van der Waals surface area contributed by atoms with Gasteiger partial charge < -0.3 is 15.1 Å². The number of carboxylic acid groups (broad SMARTS) is 2. The minimum atomic E-state index is -0.956. The van der Waals surface area contributed by atoms with Crippen molar-refractivity contribution < 1.29 is 19.8 Å². The van der Waals surface area contributed by atoms with E-state index >= 15 is 0 Å². The summed E-state index contributed by atoms with van der Waals surface area (Å²) in [6.45, 7) is 2.54. The Morgan fingerprint density at radius 2 is 1.81 bits per heavy atom. The molecule has 0 spiro atoms. The summed E-state index contributed by atoms with van der Waals surface area (Å²) in [5, 5.41) is 17.8. The maximum Gasteiger partial charge on any atom is 0.335 e. The number of likely N-dealkylation sites (N-methyl/N-ethyl adjacent to an activating group) is 1. The van der Waals surface area contributed by atoms with Gasteiger partial charge in [-0.3, -0.25) is 9.69 Å². The van der Waals surface area contributed by atoms with Crippen molar-refractivity contribution in [3.05, 3.63) is 35.4 Å². The molecule has 0 atom stereocenters. The Morgan fingerprint density at radius 1 is 1.10 bits per heavy atom. The number of aromatic carboxylic acids is 1. The molecule has 6 heteroatoms. The molecule has 0 amide bonds. The van der Waals surface area contributed by atoms with E-state index in [-0.39, 0.29) is 12.0 Å². The first-order valence-corrected chi connectivity index (χ1v) is 6.79. The molecule has 116 valence electrons. The molecular weight excluding hydrogens is 272 g/mol. The minimum Gasteiger partial charge on any atom is -0.481 e. The lowest BCUT2D eigenvalue weighted by Gasteiger charge is -2.23. The smallest absolute Gasteiger partial charge is 0.335 e. The van der Waals surface area contributed by atoms with Gasteiger partial charge in [0, 0.05) is 26.2 Å². The van der Waals surface area contributed by atoms with E-state index in [0.717, 1.165) is 18.7 Å². The fourth-order valence-corrected chi connectivity index (χ4v) is 1.93. The molecule has 0 saturated carbocycles. The Kier molecular flexibility index (Phi) is 6.84. The van der Waals surface area contributed by atoms with E-state index in [9.17, 15) is 9.59 Å². The van der Waals surface area contributed by atoms with Crippen LogP contribution in [0.1, 0.15) is 22.3 Å². The summed E-state index contributed by atoms with van der Waals surface area (Å²) in [4.78, 5) is 25.7. The van der Waals surface area contributed by atoms with Crippen LogP contribution in [-0.4, -0.2) is 65.7 Å². The van der Waals surface area contributed by atoms with Gasteiger partial charge in [-0.2, -0.15) is 0 Å². The maximum atomic E-state index is 11.0. The fourth-order valence-electron chi connectivity index (χ4n) is 1.93. The third kappa shape index (κ3) is 6.87. The zero-order valence-corrected chi connectivity index (χ0v) is 12.5. The van der Waals surface area contributed by atoms with Crippen molar-refractivity contribution >= 4 is 11.9 Å². The van der Waals surface area contributed by atoms with Crippen LogP contribution < -0.4 is 0 Å². The number of hydrogen-bond donors (Lipinski definition) is 2. The van der Waals surface area contributed by atoms with Crippen LogP contribution in [0.3, 0.4) is 0 Å². The molecule has 2 N–H and O–H groups in total. The van der Waals surface area contributed by atoms with E-state index in [0.29, 0.717) is 13.1 Å². The molecule has 1 rings (SSSR count). The second-order valence-corrected chi connectivity index (χ2v) is 5.23. The predicted molar refractivity (Wildman–Crippen MR) is 79.5 cm³/mol. The average Bonchev–Trinajstić information content (AvgIpc) is 2.41. The molecule has 0 saturated heterocycles. The molecule has 1 aromatic rings. The number of hydrogen-bond acceptors (Lipinski definition) is 4. The molecule has 0 aliphatic carbocycles. The van der Waals surface area contributed by atoms with Gasteiger partial charge in [-0.1, -0.05) is 12.1 Å². The summed E-state index contributed by atoms with van der Waals surface area (Å²) in [6, 6.07) is 6.75. The third-order valence-corrected chi connectivity index (χ3v) is 3.09. The van der Waals surface area contributed by atoms with Crippen LogP contribution in [0.2, 0.25) is 0 Å². The molecular formula is C15H22N2O4. The topological polar surface area (TPSA) is 81.1 Å². The van der Waals surface area contributed by atoms with Crippen LogP contribution in [0, 0.1) is 0 Å². The SMILES string of the molecule is CN(C)CCN(CCC(=O)O)Cc1cccc(C(=O)O)c1. The van der Waals surface area contributed by atoms with Gasteiger partial charge >= 0.3 is 11.9 Å². The van der Waals surface area contributed by atoms with E-state index < -0.39 is 11.9 Å². The number of aliphatic carboxylic acids is 1. The van der Waals surface area contributed by atoms with E-state index in [1.54, 1.807) is 18.2 Å². The lowest BCUT2D eigenvalue weighted by Crippen LogP contribution is -2.33. The Balaban J connectivity index is 2.71. The number of rotatable bonds is 9. The summed E-state index contributed by atoms with van der Waals surface area (Å²) in [5.74, 6) is -1.79. The molecule has 21 heavy (non-hydrogen) atoms. The van der Waals surface area contributed by atoms with Crippen molar-refractivity contribution in [1.29, 1.82) is 0 Å². The van der Waals surface area contributed by atoms with Crippen molar-refractivity contribution in [2.75, 3.05) is 33.7 Å². The van der Waals surface area contributed by atoms with Gasteiger partial charge in [-0.25, -0.2) is 4.79 Å². The molecule has 0 heterocycles. The number of carbonyl (C=O) groups is 2. The van der Waals surface area contributed by atoms with Crippen LogP contribution in [0.4, 0.5) is 0 Å². The van der Waals surface area contributed by atoms with Crippen LogP contribution in [0.25, 0.3) is 0 Å². The third-order valence-electron chi connectivity index (χ3n) is 3.09. The Labute approximate surface area is 124 Å². The first kappa shape index (κ1) is 17.1. The van der Waals surface area contributed by atoms with Gasteiger partial charge in [0.05, 0.1) is 12.0 Å². The molecule has 0 aromatic heterocycles. The van der Waals surface area contributed by atoms with Gasteiger partial charge in [0.25, 0.3) is 0 Å². The van der Waals surface area contributed by atoms with E-state index in [4.69, 9.17) is 10.2 Å². The molecule has 0 radical (unpaired) electrons. The summed E-state index contributed by atoms with van der Waals surface area (Å²) in [5.41, 5.74) is 1.12. The van der Waals surface area contributed by atoms with Gasteiger partial charge in [0.15, 0.2) is 0 Å². The molecule has 0 bridgehead atoms. The quantitative estimate of drug-likeness (QED) is 0.713. The number of benzene rings is 1. The predicted octanol–water partition coefficient (Wildman–Crippen LogP) is 1.22. The highest BCUT2D eigenvalue weighted by Gasteiger charge is 2.10. The molecule has 0 fully saturated rings. The molecule has 1 aromatic carbocycles. The van der Waals surface area contributed by atoms with Crippen molar-refractivity contribution in [2.45, 2.75) is 13.0 Å². The van der Waals surface area contributed by atoms with Gasteiger partial charge in [0.2, 0.25) is 0 Å². The highest BCUT2D eigenvalue weighted by molar-refractivity contribution is 5.87. The Hall–Kier alpha value is -1.92. The first-order chi connectivity index (χ1) is 9.88. The van der Waals surface area contributed by atoms with Crippen molar-refractivity contribution in [3.63, 3.8) is 0 Å². The monoisotopic (exact) mass is 294 g/mol. The van der Waals surface area contributed by atoms with Crippen molar-refractivity contribution in [3.8, 4) is 0 Å². The molecule has 0 aliphatic rings. The summed E-state index contributed by atoms with van der Waals surface area (Å²) < 4.78 is 0. The second-order valence-electron chi connectivity index (χ2n) is 5.23. The summed E-state index contributed by atoms with van der Waals surface area (Å²) in [6.07, 6.45) is 0.0754. The van der Waals surface area contributed by atoms with E-state index in [1.165, 1.54) is 0 Å². The maximum absolute atomic E-state index is 11.0. The van der Waals surface area contributed by atoms with Crippen LogP contribution in [0.5, 0.6) is 0 Å². The Bertz CT molecular complexity index is 488. The second kappa shape index (κ2) is 8.39. The molecule has 6 nitrogen and oxygen atoms in total. The van der Waals surface area contributed by atoms with Gasteiger partial charge in [0.1, 0.15) is 0 Å². The zero-order chi connectivity index (χ0) is 15.8. The Morgan fingerprint density at radius 3 is 2.38 bits per heavy atom. The zero-order valence-electron chi connectivity index (χ0n) is 12.5. The largest absolute Gasteiger partial charge is 0.481 e. The van der Waals surface area contributed by atoms with Crippen LogP contribution >= 0.6 is 0 Å². The molecule has 0 aliphatic heterocycles. The van der Waals surface area contributed by atoms with Crippen LogP contribution in [0.15, 0.2) is 24.3 Å². The lowest BCUT2D eigenvalue weighted by atomic mass is 10.1. The standard InChI is InChI=1S/C15H22N2O4/c1-16(2)8-9-17(7-6-14(18)19)11-12-4-3-5-13(10-12)15(20)21/h3-5,10H,6-9,11H2,1-2H3,(H,18,19)(H,20,21). The average molecular weight is 294 g/mol. The van der Waals surface area contributed by atoms with Crippen molar-refractivity contribution in [2.24, 2.45) is 0 Å². The highest BCUT2D eigenvalue weighted by Crippen LogP contribution is 2.09. The summed E-state index contributed by atoms with van der Waals surface area (Å²) in [7, 11) is 3.92. The fraction of sp³-hybridized carbons (Fsp3) is 0.467. The van der Waals surface area contributed by atoms with E-state index in [1.807, 2.05) is 30.0 Å². The lowest BCUT2D eigenvalue weighted by molar-refractivity contribution is -0.137. The van der Waals surface area contributed by atoms with Crippen molar-refractivity contribution in [1.82, 2.24) is 9.80 Å². The first-order valence-electron chi connectivity index (χ1n) is 6.79. The van der Waals surface area contributed by atoms with E-state index in [2.05, 4.69) is 0 Å². The van der Waals surface area contributed by atoms with Crippen LogP contribution in [-0.2, 0) is 11.3 Å². The summed E-state index contributed by atoms with van der Waals surface area (Å²) >= 11 is 0. The minimum absolute atomic E-state index is 0.0754. The normalized spacial score (nSPS) is 11.0. The van der Waals surface area contributed by atoms with Gasteiger partial charge in [-0.05, 0) is 31.8 Å². The molecule has 0 unspecified atom stereocenters. The number of carboxylic acids is 2.